The van der Waals surface area contributed by atoms with Crippen LogP contribution in [0.4, 0.5) is 10.1 Å². The second-order valence-electron chi connectivity index (χ2n) is 4.08. The molecule has 0 bridgehead atoms. The maximum Gasteiger partial charge on any atom is 0.299 e. The second-order valence-corrected chi connectivity index (χ2v) is 5.53. The molecule has 0 aliphatic rings. The Morgan fingerprint density at radius 1 is 1.42 bits per heavy atom. The molecule has 0 spiro atoms. The maximum atomic E-state index is 13.7. The van der Waals surface area contributed by atoms with Crippen molar-refractivity contribution < 1.29 is 12.8 Å². The van der Waals surface area contributed by atoms with Crippen molar-refractivity contribution in [2.45, 2.75) is 19.9 Å². The van der Waals surface area contributed by atoms with E-state index in [1.807, 2.05) is 0 Å². The van der Waals surface area contributed by atoms with E-state index in [9.17, 15) is 12.8 Å². The molecule has 104 valence electrons. The number of hydrogen-bond donors (Lipinski definition) is 3. The normalized spacial score (nSPS) is 11.0. The Balaban J connectivity index is 2.92. The summed E-state index contributed by atoms with van der Waals surface area (Å²) in [6.07, 6.45) is 0. The summed E-state index contributed by atoms with van der Waals surface area (Å²) in [7, 11) is -3.78. The van der Waals surface area contributed by atoms with Gasteiger partial charge in [0.25, 0.3) is 10.2 Å². The van der Waals surface area contributed by atoms with Crippen molar-refractivity contribution in [2.75, 3.05) is 11.3 Å². The number of hydrogen-bond acceptors (Lipinski definition) is 3. The SMILES string of the molecule is CC(C)NS(=O)(=O)Nc1ccc(C#CCN)cc1F. The van der Waals surface area contributed by atoms with Gasteiger partial charge in [0.15, 0.2) is 0 Å². The lowest BCUT2D eigenvalue weighted by Crippen LogP contribution is -2.35. The predicted molar refractivity (Wildman–Crippen MR) is 73.1 cm³/mol. The van der Waals surface area contributed by atoms with Crippen molar-refractivity contribution in [3.63, 3.8) is 0 Å². The maximum absolute atomic E-state index is 13.7. The van der Waals surface area contributed by atoms with Gasteiger partial charge >= 0.3 is 0 Å². The van der Waals surface area contributed by atoms with E-state index in [1.165, 1.54) is 12.1 Å². The first-order valence-electron chi connectivity index (χ1n) is 5.62. The average Bonchev–Trinajstić information content (AvgIpc) is 2.27. The van der Waals surface area contributed by atoms with E-state index in [4.69, 9.17) is 5.73 Å². The number of rotatable bonds is 4. The topological polar surface area (TPSA) is 84.2 Å². The Hall–Kier alpha value is -1.62. The lowest BCUT2D eigenvalue weighted by atomic mass is 10.2. The van der Waals surface area contributed by atoms with Crippen molar-refractivity contribution in [3.05, 3.63) is 29.6 Å². The van der Waals surface area contributed by atoms with Crippen molar-refractivity contribution >= 4 is 15.9 Å². The first-order valence-corrected chi connectivity index (χ1v) is 7.11. The van der Waals surface area contributed by atoms with Crippen LogP contribution in [0, 0.1) is 17.7 Å². The molecular weight excluding hydrogens is 269 g/mol. The minimum absolute atomic E-state index is 0.133. The Kier molecular flexibility index (Phi) is 5.30. The summed E-state index contributed by atoms with van der Waals surface area (Å²) in [4.78, 5) is 0. The number of halogens is 1. The van der Waals surface area contributed by atoms with E-state index in [0.29, 0.717) is 5.56 Å². The van der Waals surface area contributed by atoms with Gasteiger partial charge in [-0.2, -0.15) is 13.1 Å². The largest absolute Gasteiger partial charge is 0.320 e. The van der Waals surface area contributed by atoms with Gasteiger partial charge in [-0.25, -0.2) is 4.39 Å². The summed E-state index contributed by atoms with van der Waals surface area (Å²) in [5.41, 5.74) is 5.51. The van der Waals surface area contributed by atoms with Gasteiger partial charge in [-0.1, -0.05) is 11.8 Å². The van der Waals surface area contributed by atoms with E-state index in [2.05, 4.69) is 21.3 Å². The molecule has 0 fully saturated rings. The van der Waals surface area contributed by atoms with E-state index in [0.717, 1.165) is 6.07 Å². The van der Waals surface area contributed by atoms with E-state index in [-0.39, 0.29) is 18.3 Å². The monoisotopic (exact) mass is 285 g/mol. The van der Waals surface area contributed by atoms with Gasteiger partial charge in [0.2, 0.25) is 0 Å². The molecule has 0 aromatic heterocycles. The van der Waals surface area contributed by atoms with Gasteiger partial charge in [0, 0.05) is 11.6 Å². The van der Waals surface area contributed by atoms with Crippen molar-refractivity contribution in [2.24, 2.45) is 5.73 Å². The van der Waals surface area contributed by atoms with Gasteiger partial charge in [0.1, 0.15) is 5.82 Å². The lowest BCUT2D eigenvalue weighted by molar-refractivity contribution is 0.574. The molecule has 0 unspecified atom stereocenters. The smallest absolute Gasteiger partial charge is 0.299 e. The van der Waals surface area contributed by atoms with Crippen LogP contribution in [0.1, 0.15) is 19.4 Å². The fraction of sp³-hybridized carbons (Fsp3) is 0.333. The molecule has 1 aromatic carbocycles. The second kappa shape index (κ2) is 6.52. The van der Waals surface area contributed by atoms with Crippen LogP contribution in [0.2, 0.25) is 0 Å². The Labute approximate surface area is 112 Å². The van der Waals surface area contributed by atoms with E-state index < -0.39 is 16.0 Å². The molecule has 1 aromatic rings. The third kappa shape index (κ3) is 5.26. The summed E-state index contributed by atoms with van der Waals surface area (Å²) in [5.74, 6) is 4.55. The summed E-state index contributed by atoms with van der Waals surface area (Å²) in [6.45, 7) is 3.51. The van der Waals surface area contributed by atoms with Crippen LogP contribution in [0.5, 0.6) is 0 Å². The first kappa shape index (κ1) is 15.4. The van der Waals surface area contributed by atoms with Crippen LogP contribution in [-0.4, -0.2) is 21.0 Å². The molecule has 1 rings (SSSR count). The Bertz CT molecular complexity index is 603. The number of benzene rings is 1. The fourth-order valence-corrected chi connectivity index (χ4v) is 2.45. The summed E-state index contributed by atoms with van der Waals surface area (Å²) >= 11 is 0. The van der Waals surface area contributed by atoms with Gasteiger partial charge in [0.05, 0.1) is 12.2 Å². The summed E-state index contributed by atoms with van der Waals surface area (Å²) in [5, 5.41) is 0. The predicted octanol–water partition coefficient (Wildman–Crippen LogP) is 0.791. The number of nitrogens with two attached hydrogens (primary N) is 1. The lowest BCUT2D eigenvalue weighted by Gasteiger charge is -2.12. The van der Waals surface area contributed by atoms with Gasteiger partial charge in [-0.15, -0.1) is 0 Å². The van der Waals surface area contributed by atoms with Crippen molar-refractivity contribution in [1.82, 2.24) is 4.72 Å². The quantitative estimate of drug-likeness (QED) is 0.715. The first-order chi connectivity index (χ1) is 8.84. The van der Waals surface area contributed by atoms with Gasteiger partial charge < -0.3 is 5.73 Å². The van der Waals surface area contributed by atoms with Crippen LogP contribution in [0.15, 0.2) is 18.2 Å². The zero-order valence-corrected chi connectivity index (χ0v) is 11.5. The molecule has 0 saturated heterocycles. The number of nitrogens with one attached hydrogen (secondary N) is 2. The average molecular weight is 285 g/mol. The highest BCUT2D eigenvalue weighted by molar-refractivity contribution is 7.90. The van der Waals surface area contributed by atoms with Crippen LogP contribution < -0.4 is 15.2 Å². The number of anilines is 1. The molecule has 4 N–H and O–H groups in total. The summed E-state index contributed by atoms with van der Waals surface area (Å²) < 4.78 is 41.3. The summed E-state index contributed by atoms with van der Waals surface area (Å²) in [6, 6.07) is 3.69. The fourth-order valence-electron chi connectivity index (χ4n) is 1.31. The molecule has 0 aliphatic carbocycles. The molecule has 0 atom stereocenters. The van der Waals surface area contributed by atoms with Crippen LogP contribution in [0.3, 0.4) is 0 Å². The molecule has 0 aliphatic heterocycles. The molecular formula is C12H16FN3O2S. The van der Waals surface area contributed by atoms with Crippen molar-refractivity contribution in [1.29, 1.82) is 0 Å². The minimum atomic E-state index is -3.78. The molecule has 19 heavy (non-hydrogen) atoms. The van der Waals surface area contributed by atoms with Crippen LogP contribution in [0.25, 0.3) is 0 Å². The van der Waals surface area contributed by atoms with Crippen molar-refractivity contribution in [3.8, 4) is 11.8 Å². The van der Waals surface area contributed by atoms with E-state index in [1.54, 1.807) is 13.8 Å². The highest BCUT2D eigenvalue weighted by Gasteiger charge is 2.13. The Morgan fingerprint density at radius 2 is 2.11 bits per heavy atom. The minimum Gasteiger partial charge on any atom is -0.320 e. The highest BCUT2D eigenvalue weighted by Crippen LogP contribution is 2.16. The zero-order chi connectivity index (χ0) is 14.5. The van der Waals surface area contributed by atoms with E-state index >= 15 is 0 Å². The third-order valence-corrected chi connectivity index (χ3v) is 3.21. The Morgan fingerprint density at radius 3 is 2.63 bits per heavy atom. The standard InChI is InChI=1S/C12H16FN3O2S/c1-9(2)15-19(17,18)16-12-6-5-10(4-3-7-14)8-11(12)13/h5-6,8-9,15-16H,7,14H2,1-2H3. The zero-order valence-electron chi connectivity index (χ0n) is 10.7. The molecule has 0 heterocycles. The molecule has 0 saturated carbocycles. The van der Waals surface area contributed by atoms with Gasteiger partial charge in [-0.3, -0.25) is 4.72 Å². The van der Waals surface area contributed by atoms with Crippen LogP contribution in [-0.2, 0) is 10.2 Å². The third-order valence-electron chi connectivity index (χ3n) is 1.94. The molecule has 0 amide bonds. The molecule has 7 heteroatoms. The van der Waals surface area contributed by atoms with Gasteiger partial charge in [-0.05, 0) is 32.0 Å². The highest BCUT2D eigenvalue weighted by atomic mass is 32.2. The molecule has 5 nitrogen and oxygen atoms in total. The van der Waals surface area contributed by atoms with Crippen LogP contribution >= 0.6 is 0 Å². The molecule has 0 radical (unpaired) electrons.